The van der Waals surface area contributed by atoms with Crippen LogP contribution in [0.3, 0.4) is 0 Å². The van der Waals surface area contributed by atoms with Crippen molar-refractivity contribution in [2.45, 2.75) is 25.8 Å². The molecule has 0 fully saturated rings. The summed E-state index contributed by atoms with van der Waals surface area (Å²) in [4.78, 5) is 0. The summed E-state index contributed by atoms with van der Waals surface area (Å²) in [6.45, 7) is 3.50. The van der Waals surface area contributed by atoms with Crippen LogP contribution in [-0.4, -0.2) is 13.2 Å². The molecule has 1 unspecified atom stereocenters. The second-order valence-electron chi connectivity index (χ2n) is 5.55. The summed E-state index contributed by atoms with van der Waals surface area (Å²) in [5.41, 5.74) is 9.94. The van der Waals surface area contributed by atoms with Crippen LogP contribution in [-0.2, 0) is 6.42 Å². The smallest absolute Gasteiger partial charge is 0.161 e. The Morgan fingerprint density at radius 2 is 1.71 bits per heavy atom. The van der Waals surface area contributed by atoms with Crippen LogP contribution in [0.5, 0.6) is 11.5 Å². The molecule has 3 rings (SSSR count). The molecule has 2 N–H and O–H groups in total. The topological polar surface area (TPSA) is 44.5 Å². The highest BCUT2D eigenvalue weighted by atomic mass is 16.5. The van der Waals surface area contributed by atoms with Crippen LogP contribution in [0.1, 0.15) is 29.2 Å². The van der Waals surface area contributed by atoms with Gasteiger partial charge in [0, 0.05) is 12.5 Å². The third-order valence-corrected chi connectivity index (χ3v) is 3.78. The minimum absolute atomic E-state index is 0.0372. The van der Waals surface area contributed by atoms with E-state index in [1.165, 1.54) is 11.1 Å². The number of fused-ring (bicyclic) bond motifs is 1. The zero-order valence-electron chi connectivity index (χ0n) is 12.3. The van der Waals surface area contributed by atoms with E-state index in [0.717, 1.165) is 29.9 Å². The van der Waals surface area contributed by atoms with Gasteiger partial charge < -0.3 is 15.2 Å². The largest absolute Gasteiger partial charge is 0.490 e. The van der Waals surface area contributed by atoms with Gasteiger partial charge in [0.25, 0.3) is 0 Å². The molecule has 1 atom stereocenters. The summed E-state index contributed by atoms with van der Waals surface area (Å²) in [5.74, 6) is 1.63. The van der Waals surface area contributed by atoms with Gasteiger partial charge in [0.1, 0.15) is 0 Å². The number of aryl methyl sites for hydroxylation is 1. The lowest BCUT2D eigenvalue weighted by Gasteiger charge is -2.15. The zero-order valence-corrected chi connectivity index (χ0v) is 12.3. The molecule has 0 saturated heterocycles. The Hall–Kier alpha value is -2.00. The molecule has 21 heavy (non-hydrogen) atoms. The summed E-state index contributed by atoms with van der Waals surface area (Å²) in [7, 11) is 0. The fraction of sp³-hybridized carbons (Fsp3) is 0.333. The number of hydrogen-bond acceptors (Lipinski definition) is 3. The molecule has 1 aliphatic heterocycles. The standard InChI is InChI=1S/C18H21NO2/c1-13-3-5-14(6-4-13)11-16(19)15-7-8-17-18(12-15)21-10-2-9-20-17/h3-8,12,16H,2,9-11,19H2,1H3. The van der Waals surface area contributed by atoms with Gasteiger partial charge in [0.05, 0.1) is 13.2 Å². The Bertz CT molecular complexity index is 607. The molecular formula is C18H21NO2. The van der Waals surface area contributed by atoms with E-state index in [9.17, 15) is 0 Å². The SMILES string of the molecule is Cc1ccc(CC(N)c2ccc3c(c2)OCCCO3)cc1. The number of rotatable bonds is 3. The minimum atomic E-state index is -0.0372. The Balaban J connectivity index is 1.76. The average Bonchev–Trinajstić information content (AvgIpc) is 2.74. The predicted octanol–water partition coefficient (Wildman–Crippen LogP) is 3.40. The third kappa shape index (κ3) is 3.37. The Kier molecular flexibility index (Phi) is 4.11. The van der Waals surface area contributed by atoms with Gasteiger partial charge in [-0.25, -0.2) is 0 Å². The first kappa shape index (κ1) is 14.0. The highest BCUT2D eigenvalue weighted by Gasteiger charge is 2.14. The zero-order chi connectivity index (χ0) is 14.7. The van der Waals surface area contributed by atoms with E-state index in [2.05, 4.69) is 31.2 Å². The van der Waals surface area contributed by atoms with Gasteiger partial charge in [-0.05, 0) is 36.6 Å². The van der Waals surface area contributed by atoms with E-state index in [0.29, 0.717) is 13.2 Å². The molecule has 0 spiro atoms. The Morgan fingerprint density at radius 3 is 2.48 bits per heavy atom. The summed E-state index contributed by atoms with van der Waals surface area (Å²) in [6, 6.07) is 14.5. The van der Waals surface area contributed by atoms with Gasteiger partial charge in [-0.1, -0.05) is 35.9 Å². The van der Waals surface area contributed by atoms with Crippen molar-refractivity contribution in [1.82, 2.24) is 0 Å². The van der Waals surface area contributed by atoms with Gasteiger partial charge in [0.15, 0.2) is 11.5 Å². The molecule has 0 saturated carbocycles. The van der Waals surface area contributed by atoms with Crippen molar-refractivity contribution in [3.63, 3.8) is 0 Å². The maximum atomic E-state index is 6.34. The second-order valence-corrected chi connectivity index (χ2v) is 5.55. The minimum Gasteiger partial charge on any atom is -0.490 e. The number of benzene rings is 2. The number of ether oxygens (including phenoxy) is 2. The number of nitrogens with two attached hydrogens (primary N) is 1. The lowest BCUT2D eigenvalue weighted by molar-refractivity contribution is 0.297. The van der Waals surface area contributed by atoms with Crippen molar-refractivity contribution < 1.29 is 9.47 Å². The summed E-state index contributed by atoms with van der Waals surface area (Å²) >= 11 is 0. The maximum absolute atomic E-state index is 6.34. The normalized spacial score (nSPS) is 15.3. The van der Waals surface area contributed by atoms with E-state index < -0.39 is 0 Å². The summed E-state index contributed by atoms with van der Waals surface area (Å²) < 4.78 is 11.4. The molecule has 2 aromatic carbocycles. The van der Waals surface area contributed by atoms with Crippen LogP contribution in [0.4, 0.5) is 0 Å². The quantitative estimate of drug-likeness (QED) is 0.939. The van der Waals surface area contributed by atoms with Gasteiger partial charge in [-0.15, -0.1) is 0 Å². The van der Waals surface area contributed by atoms with Crippen LogP contribution in [0, 0.1) is 6.92 Å². The fourth-order valence-corrected chi connectivity index (χ4v) is 2.51. The molecule has 110 valence electrons. The molecular weight excluding hydrogens is 262 g/mol. The third-order valence-electron chi connectivity index (χ3n) is 3.78. The molecule has 0 amide bonds. The van der Waals surface area contributed by atoms with Crippen molar-refractivity contribution in [3.05, 3.63) is 59.2 Å². The molecule has 0 radical (unpaired) electrons. The molecule has 0 aliphatic carbocycles. The van der Waals surface area contributed by atoms with E-state index in [1.54, 1.807) is 0 Å². The Morgan fingerprint density at radius 1 is 1.00 bits per heavy atom. The summed E-state index contributed by atoms with van der Waals surface area (Å²) in [5, 5.41) is 0. The maximum Gasteiger partial charge on any atom is 0.161 e. The lowest BCUT2D eigenvalue weighted by Crippen LogP contribution is -2.13. The monoisotopic (exact) mass is 283 g/mol. The molecule has 1 heterocycles. The van der Waals surface area contributed by atoms with Crippen LogP contribution in [0.2, 0.25) is 0 Å². The highest BCUT2D eigenvalue weighted by molar-refractivity contribution is 5.44. The first-order valence-electron chi connectivity index (χ1n) is 7.43. The molecule has 3 heteroatoms. The highest BCUT2D eigenvalue weighted by Crippen LogP contribution is 2.32. The van der Waals surface area contributed by atoms with Crippen molar-refractivity contribution in [2.75, 3.05) is 13.2 Å². The van der Waals surface area contributed by atoms with Crippen molar-refractivity contribution in [3.8, 4) is 11.5 Å². The molecule has 0 aromatic heterocycles. The molecule has 1 aliphatic rings. The second kappa shape index (κ2) is 6.19. The van der Waals surface area contributed by atoms with Crippen LogP contribution in [0.25, 0.3) is 0 Å². The van der Waals surface area contributed by atoms with E-state index in [-0.39, 0.29) is 6.04 Å². The van der Waals surface area contributed by atoms with E-state index in [4.69, 9.17) is 15.2 Å². The average molecular weight is 283 g/mol. The van der Waals surface area contributed by atoms with Gasteiger partial charge >= 0.3 is 0 Å². The first-order chi connectivity index (χ1) is 10.2. The molecule has 0 bridgehead atoms. The van der Waals surface area contributed by atoms with Crippen molar-refractivity contribution in [2.24, 2.45) is 5.73 Å². The fourth-order valence-electron chi connectivity index (χ4n) is 2.51. The van der Waals surface area contributed by atoms with Gasteiger partial charge in [-0.3, -0.25) is 0 Å². The predicted molar refractivity (Wildman–Crippen MR) is 83.9 cm³/mol. The van der Waals surface area contributed by atoms with Gasteiger partial charge in [0.2, 0.25) is 0 Å². The lowest BCUT2D eigenvalue weighted by atomic mass is 9.99. The van der Waals surface area contributed by atoms with E-state index in [1.807, 2.05) is 18.2 Å². The van der Waals surface area contributed by atoms with Gasteiger partial charge in [-0.2, -0.15) is 0 Å². The van der Waals surface area contributed by atoms with Crippen LogP contribution < -0.4 is 15.2 Å². The van der Waals surface area contributed by atoms with Crippen LogP contribution in [0.15, 0.2) is 42.5 Å². The first-order valence-corrected chi connectivity index (χ1v) is 7.43. The van der Waals surface area contributed by atoms with Crippen LogP contribution >= 0.6 is 0 Å². The molecule has 2 aromatic rings. The van der Waals surface area contributed by atoms with E-state index >= 15 is 0 Å². The van der Waals surface area contributed by atoms with Crippen molar-refractivity contribution >= 4 is 0 Å². The van der Waals surface area contributed by atoms with Crippen molar-refractivity contribution in [1.29, 1.82) is 0 Å². The Labute approximate surface area is 125 Å². The molecule has 3 nitrogen and oxygen atoms in total. The number of hydrogen-bond donors (Lipinski definition) is 1. The summed E-state index contributed by atoms with van der Waals surface area (Å²) in [6.07, 6.45) is 1.74.